The maximum absolute atomic E-state index is 4.38. The van der Waals surface area contributed by atoms with Crippen LogP contribution >= 0.6 is 0 Å². The third-order valence-corrected chi connectivity index (χ3v) is 3.38. The van der Waals surface area contributed by atoms with E-state index in [1.807, 2.05) is 12.3 Å². The zero-order chi connectivity index (χ0) is 12.2. The summed E-state index contributed by atoms with van der Waals surface area (Å²) in [5.74, 6) is 0.793. The molecular formula is C13H17N5. The average molecular weight is 243 g/mol. The lowest BCUT2D eigenvalue weighted by Crippen LogP contribution is -2.22. The van der Waals surface area contributed by atoms with Crippen molar-refractivity contribution in [3.63, 3.8) is 0 Å². The molecule has 2 heterocycles. The van der Waals surface area contributed by atoms with Gasteiger partial charge in [0.15, 0.2) is 5.82 Å². The van der Waals surface area contributed by atoms with E-state index >= 15 is 0 Å². The molecule has 5 nitrogen and oxygen atoms in total. The van der Waals surface area contributed by atoms with Crippen molar-refractivity contribution in [2.45, 2.75) is 38.1 Å². The highest BCUT2D eigenvalue weighted by molar-refractivity contribution is 5.44. The van der Waals surface area contributed by atoms with E-state index in [4.69, 9.17) is 0 Å². The van der Waals surface area contributed by atoms with Crippen LogP contribution in [0.3, 0.4) is 0 Å². The molecule has 94 valence electrons. The van der Waals surface area contributed by atoms with E-state index in [1.165, 1.54) is 38.4 Å². The van der Waals surface area contributed by atoms with Crippen LogP contribution in [0.2, 0.25) is 0 Å². The van der Waals surface area contributed by atoms with Crippen LogP contribution in [0.1, 0.15) is 32.1 Å². The molecule has 2 aromatic rings. The van der Waals surface area contributed by atoms with Crippen molar-refractivity contribution in [1.82, 2.24) is 19.7 Å². The number of nitrogens with zero attached hydrogens (tertiary/aromatic N) is 4. The lowest BCUT2D eigenvalue weighted by atomic mass is 9.95. The molecule has 0 spiro atoms. The van der Waals surface area contributed by atoms with Crippen LogP contribution in [0.25, 0.3) is 5.82 Å². The van der Waals surface area contributed by atoms with Crippen molar-refractivity contribution in [2.24, 2.45) is 0 Å². The molecule has 1 aliphatic rings. The topological polar surface area (TPSA) is 55.6 Å². The summed E-state index contributed by atoms with van der Waals surface area (Å²) in [5, 5.41) is 7.60. The van der Waals surface area contributed by atoms with Crippen LogP contribution in [0.15, 0.2) is 31.0 Å². The number of hydrogen-bond donors (Lipinski definition) is 1. The maximum Gasteiger partial charge on any atom is 0.155 e. The third kappa shape index (κ3) is 2.50. The Morgan fingerprint density at radius 3 is 2.72 bits per heavy atom. The van der Waals surface area contributed by atoms with E-state index in [1.54, 1.807) is 11.0 Å². The van der Waals surface area contributed by atoms with Crippen LogP contribution in [0, 0.1) is 0 Å². The number of aromatic nitrogens is 4. The standard InChI is InChI=1S/C13H17N5/c1-2-4-11(5-3-1)17-12-6-7-13(15-8-12)18-10-14-9-16-18/h6-11,17H,1-5H2. The molecule has 1 fully saturated rings. The Morgan fingerprint density at radius 2 is 2.06 bits per heavy atom. The first-order chi connectivity index (χ1) is 8.92. The van der Waals surface area contributed by atoms with E-state index in [0.29, 0.717) is 6.04 Å². The number of nitrogens with one attached hydrogen (secondary N) is 1. The fourth-order valence-corrected chi connectivity index (χ4v) is 2.42. The third-order valence-electron chi connectivity index (χ3n) is 3.38. The van der Waals surface area contributed by atoms with Crippen molar-refractivity contribution in [1.29, 1.82) is 0 Å². The second-order valence-electron chi connectivity index (χ2n) is 4.72. The second kappa shape index (κ2) is 5.16. The Hall–Kier alpha value is -1.91. The van der Waals surface area contributed by atoms with Gasteiger partial charge >= 0.3 is 0 Å². The van der Waals surface area contributed by atoms with Gasteiger partial charge in [-0.05, 0) is 25.0 Å². The van der Waals surface area contributed by atoms with Crippen LogP contribution in [0.4, 0.5) is 5.69 Å². The zero-order valence-electron chi connectivity index (χ0n) is 10.3. The molecule has 2 aromatic heterocycles. The fraction of sp³-hybridized carbons (Fsp3) is 0.462. The van der Waals surface area contributed by atoms with Gasteiger partial charge in [-0.15, -0.1) is 0 Å². The van der Waals surface area contributed by atoms with E-state index in [0.717, 1.165) is 11.5 Å². The smallest absolute Gasteiger partial charge is 0.155 e. The van der Waals surface area contributed by atoms with Gasteiger partial charge in [0.05, 0.1) is 11.9 Å². The lowest BCUT2D eigenvalue weighted by Gasteiger charge is -2.23. The van der Waals surface area contributed by atoms with Gasteiger partial charge in [0.1, 0.15) is 12.7 Å². The summed E-state index contributed by atoms with van der Waals surface area (Å²) in [7, 11) is 0. The maximum atomic E-state index is 4.38. The van der Waals surface area contributed by atoms with Gasteiger partial charge in [-0.3, -0.25) is 0 Å². The highest BCUT2D eigenvalue weighted by Crippen LogP contribution is 2.21. The van der Waals surface area contributed by atoms with Gasteiger partial charge in [0.2, 0.25) is 0 Å². The van der Waals surface area contributed by atoms with Gasteiger partial charge in [-0.1, -0.05) is 19.3 Å². The van der Waals surface area contributed by atoms with Crippen LogP contribution in [-0.2, 0) is 0 Å². The number of pyridine rings is 1. The molecule has 0 aliphatic heterocycles. The Balaban J connectivity index is 1.67. The largest absolute Gasteiger partial charge is 0.381 e. The Morgan fingerprint density at radius 1 is 1.17 bits per heavy atom. The molecule has 0 bridgehead atoms. The van der Waals surface area contributed by atoms with Gasteiger partial charge in [0, 0.05) is 6.04 Å². The van der Waals surface area contributed by atoms with Crippen LogP contribution < -0.4 is 5.32 Å². The SMILES string of the molecule is c1ncn(-c2ccc(NC3CCCCC3)cn2)n1. The van der Waals surface area contributed by atoms with E-state index < -0.39 is 0 Å². The number of hydrogen-bond acceptors (Lipinski definition) is 4. The van der Waals surface area contributed by atoms with E-state index in [-0.39, 0.29) is 0 Å². The molecule has 1 N–H and O–H groups in total. The summed E-state index contributed by atoms with van der Waals surface area (Å²) in [6.07, 6.45) is 11.6. The molecule has 0 unspecified atom stereocenters. The fourth-order valence-electron chi connectivity index (χ4n) is 2.42. The molecule has 0 saturated heterocycles. The molecule has 0 aromatic carbocycles. The molecule has 1 aliphatic carbocycles. The first-order valence-corrected chi connectivity index (χ1v) is 6.49. The monoisotopic (exact) mass is 243 g/mol. The molecule has 0 radical (unpaired) electrons. The summed E-state index contributed by atoms with van der Waals surface area (Å²) in [5.41, 5.74) is 1.09. The van der Waals surface area contributed by atoms with E-state index in [2.05, 4.69) is 26.4 Å². The highest BCUT2D eigenvalue weighted by atomic mass is 15.3. The minimum absolute atomic E-state index is 0.609. The van der Waals surface area contributed by atoms with Crippen molar-refractivity contribution >= 4 is 5.69 Å². The Labute approximate surface area is 106 Å². The van der Waals surface area contributed by atoms with Gasteiger partial charge in [0.25, 0.3) is 0 Å². The molecule has 5 heteroatoms. The summed E-state index contributed by atoms with van der Waals surface area (Å²) >= 11 is 0. The average Bonchev–Trinajstić information content (AvgIpc) is 2.95. The summed E-state index contributed by atoms with van der Waals surface area (Å²) in [6, 6.07) is 4.62. The van der Waals surface area contributed by atoms with Crippen molar-refractivity contribution < 1.29 is 0 Å². The van der Waals surface area contributed by atoms with Crippen molar-refractivity contribution in [3.8, 4) is 5.82 Å². The number of rotatable bonds is 3. The Bertz CT molecular complexity index is 471. The quantitative estimate of drug-likeness (QED) is 0.899. The molecule has 18 heavy (non-hydrogen) atoms. The number of anilines is 1. The molecular weight excluding hydrogens is 226 g/mol. The Kier molecular flexibility index (Phi) is 3.21. The highest BCUT2D eigenvalue weighted by Gasteiger charge is 2.12. The molecule has 0 atom stereocenters. The minimum Gasteiger partial charge on any atom is -0.381 e. The summed E-state index contributed by atoms with van der Waals surface area (Å²) in [6.45, 7) is 0. The zero-order valence-corrected chi connectivity index (χ0v) is 10.3. The predicted molar refractivity (Wildman–Crippen MR) is 69.6 cm³/mol. The van der Waals surface area contributed by atoms with Crippen LogP contribution in [-0.4, -0.2) is 25.8 Å². The van der Waals surface area contributed by atoms with Gasteiger partial charge < -0.3 is 5.32 Å². The van der Waals surface area contributed by atoms with Crippen molar-refractivity contribution in [2.75, 3.05) is 5.32 Å². The van der Waals surface area contributed by atoms with Crippen LogP contribution in [0.5, 0.6) is 0 Å². The van der Waals surface area contributed by atoms with Gasteiger partial charge in [-0.2, -0.15) is 5.10 Å². The lowest BCUT2D eigenvalue weighted by molar-refractivity contribution is 0.462. The van der Waals surface area contributed by atoms with Crippen molar-refractivity contribution in [3.05, 3.63) is 31.0 Å². The minimum atomic E-state index is 0.609. The first kappa shape index (κ1) is 11.2. The summed E-state index contributed by atoms with van der Waals surface area (Å²) in [4.78, 5) is 8.30. The normalized spacial score (nSPS) is 16.7. The predicted octanol–water partition coefficient (Wildman–Crippen LogP) is 2.41. The second-order valence-corrected chi connectivity index (χ2v) is 4.72. The summed E-state index contributed by atoms with van der Waals surface area (Å²) < 4.78 is 1.66. The molecule has 0 amide bonds. The molecule has 3 rings (SSSR count). The van der Waals surface area contributed by atoms with E-state index in [9.17, 15) is 0 Å². The first-order valence-electron chi connectivity index (χ1n) is 6.49. The molecule has 1 saturated carbocycles. The van der Waals surface area contributed by atoms with Gasteiger partial charge in [-0.25, -0.2) is 14.6 Å².